The molecule has 1 aliphatic rings. The van der Waals surface area contributed by atoms with Crippen LogP contribution in [0.15, 0.2) is 65.8 Å². The van der Waals surface area contributed by atoms with E-state index in [2.05, 4.69) is 15.4 Å². The molecule has 0 saturated carbocycles. The third-order valence-electron chi connectivity index (χ3n) is 5.92. The summed E-state index contributed by atoms with van der Waals surface area (Å²) in [6.07, 6.45) is 2.45. The molecule has 4 aromatic rings. The third kappa shape index (κ3) is 3.42. The van der Waals surface area contributed by atoms with E-state index in [0.29, 0.717) is 11.4 Å². The van der Waals surface area contributed by atoms with Crippen LogP contribution < -0.4 is 15.8 Å². The van der Waals surface area contributed by atoms with Gasteiger partial charge in [-0.15, -0.1) is 0 Å². The minimum atomic E-state index is -1.19. The number of benzene rings is 2. The number of rotatable bonds is 4. The summed E-state index contributed by atoms with van der Waals surface area (Å²) in [6, 6.07) is 12.9. The molecule has 1 aliphatic heterocycles. The maximum absolute atomic E-state index is 13.4. The third-order valence-corrected chi connectivity index (χ3v) is 5.92. The van der Waals surface area contributed by atoms with E-state index < -0.39 is 21.9 Å². The smallest absolute Gasteiger partial charge is 0.294 e. The van der Waals surface area contributed by atoms with Gasteiger partial charge in [-0.05, 0) is 32.0 Å². The lowest BCUT2D eigenvalue weighted by atomic mass is 9.96. The van der Waals surface area contributed by atoms with Crippen LogP contribution in [0.5, 0.6) is 0 Å². The Morgan fingerprint density at radius 2 is 1.77 bits per heavy atom. The molecule has 0 atom stereocenters. The molecule has 1 N–H and O–H groups in total. The number of carbonyl (C=O) groups is 2. The van der Waals surface area contributed by atoms with E-state index in [-0.39, 0.29) is 34.9 Å². The van der Waals surface area contributed by atoms with Crippen molar-refractivity contribution in [2.24, 2.45) is 0 Å². The molecule has 0 radical (unpaired) electrons. The highest BCUT2D eigenvalue weighted by Crippen LogP contribution is 2.36. The predicted octanol–water partition coefficient (Wildman–Crippen LogP) is 2.25. The number of anilines is 2. The normalized spacial score (nSPS) is 14.5. The van der Waals surface area contributed by atoms with Gasteiger partial charge in [-0.25, -0.2) is 9.67 Å². The molecule has 35 heavy (non-hydrogen) atoms. The molecule has 0 aliphatic carbocycles. The zero-order chi connectivity index (χ0) is 24.9. The van der Waals surface area contributed by atoms with Crippen molar-refractivity contribution in [3.05, 3.63) is 81.5 Å². The van der Waals surface area contributed by atoms with Crippen molar-refractivity contribution in [2.75, 3.05) is 10.2 Å². The van der Waals surface area contributed by atoms with Gasteiger partial charge in [0, 0.05) is 6.07 Å². The van der Waals surface area contributed by atoms with Crippen LogP contribution in [0, 0.1) is 10.1 Å². The number of hydrogen-bond donors (Lipinski definition) is 1. The standard InChI is InChI=1S/C23H19N7O5/c1-23(2)22(33)26-15-7-3-4-8-16(15)28(23)19(31)12-27-13-24-20-14(21(27)32)11-25-29(20)17-9-5-6-10-18(17)30(34)35/h3-11,13H,12H2,1-2H3,(H,26,33). The van der Waals surface area contributed by atoms with E-state index in [1.807, 2.05) is 0 Å². The summed E-state index contributed by atoms with van der Waals surface area (Å²) in [5, 5.41) is 18.4. The van der Waals surface area contributed by atoms with E-state index in [1.165, 1.54) is 40.3 Å². The molecule has 5 rings (SSSR count). The molecule has 2 aromatic heterocycles. The summed E-state index contributed by atoms with van der Waals surface area (Å²) in [6.45, 7) is 2.87. The second-order valence-corrected chi connectivity index (χ2v) is 8.48. The molecule has 176 valence electrons. The molecule has 2 aromatic carbocycles. The molecular formula is C23H19N7O5. The Morgan fingerprint density at radius 1 is 1.09 bits per heavy atom. The van der Waals surface area contributed by atoms with Crippen LogP contribution in [0.25, 0.3) is 16.7 Å². The van der Waals surface area contributed by atoms with Gasteiger partial charge < -0.3 is 5.32 Å². The summed E-state index contributed by atoms with van der Waals surface area (Å²) in [5.74, 6) is -0.831. The molecule has 0 fully saturated rings. The average molecular weight is 473 g/mol. The van der Waals surface area contributed by atoms with E-state index in [1.54, 1.807) is 44.2 Å². The highest BCUT2D eigenvalue weighted by molar-refractivity contribution is 6.14. The Hall–Kier alpha value is -4.87. The SMILES string of the molecule is CC1(C)C(=O)Nc2ccccc2N1C(=O)Cn1cnc2c(cnn2-c2ccccc2[N+](=O)[O-])c1=O. The molecule has 0 bridgehead atoms. The number of nitrogens with one attached hydrogen (secondary N) is 1. The number of hydrogen-bond acceptors (Lipinski definition) is 7. The van der Waals surface area contributed by atoms with Crippen molar-refractivity contribution >= 4 is 39.9 Å². The number of carbonyl (C=O) groups excluding carboxylic acids is 2. The van der Waals surface area contributed by atoms with Crippen molar-refractivity contribution < 1.29 is 14.5 Å². The largest absolute Gasteiger partial charge is 0.322 e. The summed E-state index contributed by atoms with van der Waals surface area (Å²) in [5.41, 5.74) is -0.625. The number of para-hydroxylation sites is 4. The van der Waals surface area contributed by atoms with Gasteiger partial charge in [0.05, 0.1) is 22.5 Å². The summed E-state index contributed by atoms with van der Waals surface area (Å²) >= 11 is 0. The topological polar surface area (TPSA) is 145 Å². The lowest BCUT2D eigenvalue weighted by Gasteiger charge is -2.42. The van der Waals surface area contributed by atoms with Gasteiger partial charge in [0.25, 0.3) is 11.2 Å². The Labute approximate surface area is 197 Å². The van der Waals surface area contributed by atoms with Gasteiger partial charge in [-0.1, -0.05) is 24.3 Å². The van der Waals surface area contributed by atoms with E-state index in [9.17, 15) is 24.5 Å². The molecule has 12 nitrogen and oxygen atoms in total. The highest BCUT2D eigenvalue weighted by Gasteiger charge is 2.43. The molecule has 3 heterocycles. The van der Waals surface area contributed by atoms with Gasteiger partial charge in [-0.3, -0.25) is 34.0 Å². The van der Waals surface area contributed by atoms with Crippen LogP contribution >= 0.6 is 0 Å². The van der Waals surface area contributed by atoms with Gasteiger partial charge in [0.1, 0.15) is 29.5 Å². The number of nitro groups is 1. The van der Waals surface area contributed by atoms with Crippen LogP contribution in [-0.4, -0.2) is 41.6 Å². The lowest BCUT2D eigenvalue weighted by molar-refractivity contribution is -0.384. The van der Waals surface area contributed by atoms with Crippen LogP contribution in [-0.2, 0) is 16.1 Å². The zero-order valence-electron chi connectivity index (χ0n) is 18.7. The lowest BCUT2D eigenvalue weighted by Crippen LogP contribution is -2.59. The minimum absolute atomic E-state index is 0.0921. The molecule has 0 unspecified atom stereocenters. The molecule has 0 saturated heterocycles. The fraction of sp³-hybridized carbons (Fsp3) is 0.174. The van der Waals surface area contributed by atoms with Crippen molar-refractivity contribution in [2.45, 2.75) is 25.9 Å². The monoisotopic (exact) mass is 473 g/mol. The van der Waals surface area contributed by atoms with Crippen molar-refractivity contribution in [1.82, 2.24) is 19.3 Å². The van der Waals surface area contributed by atoms with Gasteiger partial charge in [-0.2, -0.15) is 5.10 Å². The quantitative estimate of drug-likeness (QED) is 0.353. The van der Waals surface area contributed by atoms with Gasteiger partial charge in [0.2, 0.25) is 11.8 Å². The van der Waals surface area contributed by atoms with E-state index in [0.717, 1.165) is 4.57 Å². The summed E-state index contributed by atoms with van der Waals surface area (Å²) in [7, 11) is 0. The highest BCUT2D eigenvalue weighted by atomic mass is 16.6. The first kappa shape index (κ1) is 21.9. The van der Waals surface area contributed by atoms with Crippen LogP contribution in [0.1, 0.15) is 13.8 Å². The average Bonchev–Trinajstić information content (AvgIpc) is 3.26. The molecular weight excluding hydrogens is 454 g/mol. The molecule has 2 amide bonds. The Kier molecular flexibility index (Phi) is 4.93. The second kappa shape index (κ2) is 7.87. The van der Waals surface area contributed by atoms with Crippen molar-refractivity contribution in [3.8, 4) is 5.69 Å². The number of fused-ring (bicyclic) bond motifs is 2. The number of amides is 2. The molecule has 12 heteroatoms. The maximum Gasteiger partial charge on any atom is 0.294 e. The summed E-state index contributed by atoms with van der Waals surface area (Å²) in [4.78, 5) is 55.7. The van der Waals surface area contributed by atoms with Crippen LogP contribution in [0.4, 0.5) is 17.1 Å². The predicted molar refractivity (Wildman–Crippen MR) is 126 cm³/mol. The maximum atomic E-state index is 13.4. The first-order valence-corrected chi connectivity index (χ1v) is 10.6. The number of nitrogens with zero attached hydrogens (tertiary/aromatic N) is 6. The second-order valence-electron chi connectivity index (χ2n) is 8.48. The van der Waals surface area contributed by atoms with Crippen molar-refractivity contribution in [3.63, 3.8) is 0 Å². The first-order chi connectivity index (χ1) is 16.7. The van der Waals surface area contributed by atoms with E-state index >= 15 is 0 Å². The van der Waals surface area contributed by atoms with Gasteiger partial charge in [0.15, 0.2) is 5.65 Å². The number of aromatic nitrogens is 4. The van der Waals surface area contributed by atoms with Crippen LogP contribution in [0.2, 0.25) is 0 Å². The van der Waals surface area contributed by atoms with Crippen molar-refractivity contribution in [1.29, 1.82) is 0 Å². The first-order valence-electron chi connectivity index (χ1n) is 10.6. The summed E-state index contributed by atoms with van der Waals surface area (Å²) < 4.78 is 2.34. The Bertz CT molecular complexity index is 1590. The van der Waals surface area contributed by atoms with E-state index in [4.69, 9.17) is 0 Å². The fourth-order valence-electron chi connectivity index (χ4n) is 4.15. The molecule has 0 spiro atoms. The number of nitro benzene ring substituents is 1. The van der Waals surface area contributed by atoms with Crippen LogP contribution in [0.3, 0.4) is 0 Å². The minimum Gasteiger partial charge on any atom is -0.322 e. The Balaban J connectivity index is 1.54. The Morgan fingerprint density at radius 3 is 2.51 bits per heavy atom. The van der Waals surface area contributed by atoms with Gasteiger partial charge >= 0.3 is 0 Å². The fourth-order valence-corrected chi connectivity index (χ4v) is 4.15. The zero-order valence-corrected chi connectivity index (χ0v) is 18.7.